The molecule has 0 unspecified atom stereocenters. The van der Waals surface area contributed by atoms with E-state index in [0.29, 0.717) is 0 Å². The zero-order chi connectivity index (χ0) is 20.2. The van der Waals surface area contributed by atoms with Crippen LogP contribution in [0.15, 0.2) is 42.5 Å². The number of halogens is 2. The van der Waals surface area contributed by atoms with Crippen LogP contribution in [0.1, 0.15) is 31.9 Å². The van der Waals surface area contributed by atoms with E-state index in [9.17, 15) is 23.2 Å². The Morgan fingerprint density at radius 1 is 0.741 bits per heavy atom. The van der Waals surface area contributed by atoms with E-state index in [1.54, 1.807) is 0 Å². The van der Waals surface area contributed by atoms with Crippen LogP contribution in [0.4, 0.5) is 8.78 Å². The number of esters is 3. The van der Waals surface area contributed by atoms with Gasteiger partial charge in [-0.1, -0.05) is 0 Å². The molecule has 0 saturated heterocycles. The summed E-state index contributed by atoms with van der Waals surface area (Å²) in [5.74, 6) is -5.92. The standard InChI is InChI=1S/C19H16F2O6/c1-11(22)25-15-6-4-14(5-7-15)19(20,21)17-9-8-16(26-12(2)23)10-18(17)27-13(3)24/h4-10H,1-3H3. The van der Waals surface area contributed by atoms with Crippen molar-refractivity contribution in [2.75, 3.05) is 0 Å². The normalized spacial score (nSPS) is 10.9. The largest absolute Gasteiger partial charge is 0.427 e. The summed E-state index contributed by atoms with van der Waals surface area (Å²) in [5, 5.41) is 0. The molecule has 27 heavy (non-hydrogen) atoms. The Hall–Kier alpha value is -3.29. The summed E-state index contributed by atoms with van der Waals surface area (Å²) in [5.41, 5.74) is -0.999. The predicted octanol–water partition coefficient (Wildman–Crippen LogP) is 3.60. The molecule has 8 heteroatoms. The molecule has 2 aromatic rings. The topological polar surface area (TPSA) is 78.9 Å². The zero-order valence-electron chi connectivity index (χ0n) is 14.7. The lowest BCUT2D eigenvalue weighted by molar-refractivity contribution is -0.133. The average Bonchev–Trinajstić information content (AvgIpc) is 2.53. The van der Waals surface area contributed by atoms with Crippen LogP contribution < -0.4 is 14.2 Å². The van der Waals surface area contributed by atoms with E-state index in [1.807, 2.05) is 0 Å². The van der Waals surface area contributed by atoms with Crippen LogP contribution in [0.5, 0.6) is 17.2 Å². The summed E-state index contributed by atoms with van der Waals surface area (Å²) in [6, 6.07) is 7.86. The van der Waals surface area contributed by atoms with Crippen LogP contribution in [0.25, 0.3) is 0 Å². The van der Waals surface area contributed by atoms with Crippen molar-refractivity contribution < 1.29 is 37.4 Å². The smallest absolute Gasteiger partial charge is 0.308 e. The predicted molar refractivity (Wildman–Crippen MR) is 89.8 cm³/mol. The third-order valence-corrected chi connectivity index (χ3v) is 3.29. The van der Waals surface area contributed by atoms with E-state index in [0.717, 1.165) is 38.1 Å². The Balaban J connectivity index is 2.44. The van der Waals surface area contributed by atoms with Crippen LogP contribution in [-0.4, -0.2) is 17.9 Å². The molecule has 0 amide bonds. The molecular formula is C19H16F2O6. The van der Waals surface area contributed by atoms with Crippen LogP contribution >= 0.6 is 0 Å². The first-order valence-corrected chi connectivity index (χ1v) is 7.77. The molecule has 0 spiro atoms. The third kappa shape index (κ3) is 5.10. The van der Waals surface area contributed by atoms with Gasteiger partial charge in [0.05, 0.1) is 5.56 Å². The molecular weight excluding hydrogens is 362 g/mol. The van der Waals surface area contributed by atoms with Crippen molar-refractivity contribution in [1.29, 1.82) is 0 Å². The highest BCUT2D eigenvalue weighted by Crippen LogP contribution is 2.42. The van der Waals surface area contributed by atoms with E-state index in [4.69, 9.17) is 14.2 Å². The second-order valence-corrected chi connectivity index (χ2v) is 5.54. The van der Waals surface area contributed by atoms with E-state index in [-0.39, 0.29) is 11.5 Å². The number of hydrogen-bond donors (Lipinski definition) is 0. The molecule has 0 bridgehead atoms. The van der Waals surface area contributed by atoms with Crippen molar-refractivity contribution in [1.82, 2.24) is 0 Å². The van der Waals surface area contributed by atoms with Gasteiger partial charge in [-0.2, -0.15) is 8.78 Å². The van der Waals surface area contributed by atoms with E-state index >= 15 is 0 Å². The molecule has 142 valence electrons. The SMILES string of the molecule is CC(=O)Oc1ccc(C(F)(F)c2ccc(OC(C)=O)cc2OC(C)=O)cc1. The maximum atomic E-state index is 15.0. The van der Waals surface area contributed by atoms with Crippen molar-refractivity contribution >= 4 is 17.9 Å². The first-order chi connectivity index (χ1) is 12.6. The Kier molecular flexibility index (Phi) is 5.89. The Morgan fingerprint density at radius 2 is 1.22 bits per heavy atom. The molecule has 0 aliphatic carbocycles. The molecule has 0 aliphatic heterocycles. The van der Waals surface area contributed by atoms with E-state index in [2.05, 4.69) is 0 Å². The lowest BCUT2D eigenvalue weighted by Crippen LogP contribution is -2.18. The first kappa shape index (κ1) is 20.0. The fourth-order valence-electron chi connectivity index (χ4n) is 2.28. The molecule has 0 N–H and O–H groups in total. The molecule has 0 atom stereocenters. The monoisotopic (exact) mass is 378 g/mol. The highest BCUT2D eigenvalue weighted by molar-refractivity contribution is 5.72. The van der Waals surface area contributed by atoms with Crippen LogP contribution in [0.3, 0.4) is 0 Å². The molecule has 0 fully saturated rings. The lowest BCUT2D eigenvalue weighted by Gasteiger charge is -2.20. The van der Waals surface area contributed by atoms with Crippen molar-refractivity contribution in [2.24, 2.45) is 0 Å². The molecule has 0 aliphatic rings. The van der Waals surface area contributed by atoms with Gasteiger partial charge in [-0.3, -0.25) is 14.4 Å². The van der Waals surface area contributed by atoms with Gasteiger partial charge in [0.25, 0.3) is 0 Å². The minimum absolute atomic E-state index is 0.0384. The van der Waals surface area contributed by atoms with Crippen molar-refractivity contribution in [3.8, 4) is 17.2 Å². The number of ether oxygens (including phenoxy) is 3. The number of carbonyl (C=O) groups is 3. The van der Waals surface area contributed by atoms with Gasteiger partial charge in [0.1, 0.15) is 17.2 Å². The number of rotatable bonds is 5. The fourth-order valence-corrected chi connectivity index (χ4v) is 2.28. The van der Waals surface area contributed by atoms with Gasteiger partial charge in [-0.05, 0) is 36.4 Å². The van der Waals surface area contributed by atoms with Gasteiger partial charge in [-0.15, -0.1) is 0 Å². The summed E-state index contributed by atoms with van der Waals surface area (Å²) in [7, 11) is 0. The highest BCUT2D eigenvalue weighted by Gasteiger charge is 2.37. The maximum Gasteiger partial charge on any atom is 0.308 e. The number of carbonyl (C=O) groups excluding carboxylic acids is 3. The van der Waals surface area contributed by atoms with Gasteiger partial charge in [0.15, 0.2) is 0 Å². The summed E-state index contributed by atoms with van der Waals surface area (Å²) in [6.07, 6.45) is 0. The minimum atomic E-state index is -3.53. The van der Waals surface area contributed by atoms with Crippen LogP contribution in [-0.2, 0) is 20.3 Å². The minimum Gasteiger partial charge on any atom is -0.427 e. The number of alkyl halides is 2. The molecule has 2 aromatic carbocycles. The highest BCUT2D eigenvalue weighted by atomic mass is 19.3. The Bertz CT molecular complexity index is 874. The number of hydrogen-bond acceptors (Lipinski definition) is 6. The van der Waals surface area contributed by atoms with Gasteiger partial charge < -0.3 is 14.2 Å². The zero-order valence-corrected chi connectivity index (χ0v) is 14.7. The molecule has 2 rings (SSSR count). The third-order valence-electron chi connectivity index (χ3n) is 3.29. The van der Waals surface area contributed by atoms with Crippen molar-refractivity contribution in [3.05, 3.63) is 53.6 Å². The molecule has 0 saturated carbocycles. The molecule has 0 radical (unpaired) electrons. The summed E-state index contributed by atoms with van der Waals surface area (Å²) in [4.78, 5) is 33.2. The van der Waals surface area contributed by atoms with Gasteiger partial charge in [0.2, 0.25) is 0 Å². The first-order valence-electron chi connectivity index (χ1n) is 7.77. The molecule has 0 aromatic heterocycles. The van der Waals surface area contributed by atoms with Crippen molar-refractivity contribution in [2.45, 2.75) is 26.7 Å². The Labute approximate surface area is 153 Å². The summed E-state index contributed by atoms with van der Waals surface area (Å²) >= 11 is 0. The molecule has 0 heterocycles. The molecule has 6 nitrogen and oxygen atoms in total. The van der Waals surface area contributed by atoms with E-state index in [1.165, 1.54) is 25.1 Å². The van der Waals surface area contributed by atoms with Crippen molar-refractivity contribution in [3.63, 3.8) is 0 Å². The number of benzene rings is 2. The lowest BCUT2D eigenvalue weighted by atomic mass is 9.99. The average molecular weight is 378 g/mol. The van der Waals surface area contributed by atoms with Gasteiger partial charge >= 0.3 is 23.8 Å². The second-order valence-electron chi connectivity index (χ2n) is 5.54. The maximum absolute atomic E-state index is 15.0. The fraction of sp³-hybridized carbons (Fsp3) is 0.211. The van der Waals surface area contributed by atoms with Crippen LogP contribution in [0, 0.1) is 0 Å². The quantitative estimate of drug-likeness (QED) is 0.584. The summed E-state index contributed by atoms with van der Waals surface area (Å²) < 4.78 is 44.5. The summed E-state index contributed by atoms with van der Waals surface area (Å²) in [6.45, 7) is 3.41. The van der Waals surface area contributed by atoms with Crippen LogP contribution in [0.2, 0.25) is 0 Å². The second kappa shape index (κ2) is 7.94. The Morgan fingerprint density at radius 3 is 1.74 bits per heavy atom. The van der Waals surface area contributed by atoms with Gasteiger partial charge in [-0.25, -0.2) is 0 Å². The van der Waals surface area contributed by atoms with E-state index < -0.39 is 40.7 Å². The van der Waals surface area contributed by atoms with Gasteiger partial charge in [0, 0.05) is 32.4 Å².